The predicted molar refractivity (Wildman–Crippen MR) is 42.3 cm³/mol. The van der Waals surface area contributed by atoms with Gasteiger partial charge in [-0.15, -0.1) is 0 Å². The summed E-state index contributed by atoms with van der Waals surface area (Å²) >= 11 is 0. The van der Waals surface area contributed by atoms with E-state index < -0.39 is 6.43 Å². The van der Waals surface area contributed by atoms with E-state index in [9.17, 15) is 8.78 Å². The van der Waals surface area contributed by atoms with E-state index in [0.717, 1.165) is 0 Å². The van der Waals surface area contributed by atoms with Gasteiger partial charge in [-0.05, 0) is 26.3 Å². The molecule has 0 spiro atoms. The van der Waals surface area contributed by atoms with Crippen LogP contribution in [-0.4, -0.2) is 9.78 Å². The second-order valence-corrected chi connectivity index (χ2v) is 3.05. The molecular weight excluding hydrogens is 162 g/mol. The van der Waals surface area contributed by atoms with Gasteiger partial charge in [0.05, 0.1) is 6.20 Å². The molecule has 0 unspecified atom stereocenters. The van der Waals surface area contributed by atoms with Gasteiger partial charge in [0.15, 0.2) is 0 Å². The summed E-state index contributed by atoms with van der Waals surface area (Å²) in [5, 5.41) is 3.87. The lowest BCUT2D eigenvalue weighted by Crippen LogP contribution is -2.08. The van der Waals surface area contributed by atoms with Gasteiger partial charge in [0.1, 0.15) is 5.69 Å². The standard InChI is InChI=1S/C8H12F2N2/c1-5(2)12-7(8(9)10)6(3)4-11-12/h4-5,8H,1-3H3. The van der Waals surface area contributed by atoms with Crippen LogP contribution in [0.2, 0.25) is 0 Å². The Morgan fingerprint density at radius 1 is 1.42 bits per heavy atom. The third-order valence-electron chi connectivity index (χ3n) is 1.72. The van der Waals surface area contributed by atoms with E-state index in [0.29, 0.717) is 5.56 Å². The van der Waals surface area contributed by atoms with Crippen LogP contribution in [0.25, 0.3) is 0 Å². The molecule has 1 aromatic rings. The number of aryl methyl sites for hydroxylation is 1. The highest BCUT2D eigenvalue weighted by molar-refractivity contribution is 5.17. The van der Waals surface area contributed by atoms with Crippen molar-refractivity contribution in [3.05, 3.63) is 17.5 Å². The topological polar surface area (TPSA) is 17.8 Å². The summed E-state index contributed by atoms with van der Waals surface area (Å²) in [6, 6.07) is -0.0114. The molecule has 2 nitrogen and oxygen atoms in total. The Hall–Kier alpha value is -0.930. The highest BCUT2D eigenvalue weighted by atomic mass is 19.3. The first kappa shape index (κ1) is 9.16. The summed E-state index contributed by atoms with van der Waals surface area (Å²) in [5.41, 5.74) is 0.587. The van der Waals surface area contributed by atoms with Gasteiger partial charge in [-0.2, -0.15) is 5.10 Å². The van der Waals surface area contributed by atoms with Gasteiger partial charge in [-0.3, -0.25) is 4.68 Å². The third-order valence-corrected chi connectivity index (χ3v) is 1.72. The smallest absolute Gasteiger partial charge is 0.261 e. The van der Waals surface area contributed by atoms with E-state index in [1.54, 1.807) is 6.92 Å². The minimum Gasteiger partial charge on any atom is -0.261 e. The maximum Gasteiger partial charge on any atom is 0.280 e. The van der Waals surface area contributed by atoms with Crippen molar-refractivity contribution >= 4 is 0 Å². The SMILES string of the molecule is Cc1cnn(C(C)C)c1C(F)F. The first-order valence-electron chi connectivity index (χ1n) is 3.86. The molecule has 0 aliphatic heterocycles. The number of halogens is 2. The number of nitrogens with zero attached hydrogens (tertiary/aromatic N) is 2. The second-order valence-electron chi connectivity index (χ2n) is 3.05. The van der Waals surface area contributed by atoms with Gasteiger partial charge in [0.2, 0.25) is 0 Å². The molecule has 1 aromatic heterocycles. The van der Waals surface area contributed by atoms with E-state index in [4.69, 9.17) is 0 Å². The fourth-order valence-corrected chi connectivity index (χ4v) is 1.14. The van der Waals surface area contributed by atoms with E-state index in [1.807, 2.05) is 13.8 Å². The van der Waals surface area contributed by atoms with E-state index in [2.05, 4.69) is 5.10 Å². The van der Waals surface area contributed by atoms with Gasteiger partial charge < -0.3 is 0 Å². The van der Waals surface area contributed by atoms with Crippen molar-refractivity contribution in [2.45, 2.75) is 33.2 Å². The first-order chi connectivity index (χ1) is 5.54. The van der Waals surface area contributed by atoms with Crippen LogP contribution < -0.4 is 0 Å². The molecule has 1 heterocycles. The molecule has 0 saturated carbocycles. The minimum atomic E-state index is -2.44. The van der Waals surface area contributed by atoms with Gasteiger partial charge in [0, 0.05) is 6.04 Å². The predicted octanol–water partition coefficient (Wildman–Crippen LogP) is 2.71. The Morgan fingerprint density at radius 2 is 2.00 bits per heavy atom. The van der Waals surface area contributed by atoms with Crippen LogP contribution in [-0.2, 0) is 0 Å². The lowest BCUT2D eigenvalue weighted by atomic mass is 10.2. The summed E-state index contributed by atoms with van der Waals surface area (Å²) < 4.78 is 26.2. The molecule has 0 aliphatic carbocycles. The Bertz CT molecular complexity index is 266. The molecule has 4 heteroatoms. The van der Waals surface area contributed by atoms with Gasteiger partial charge >= 0.3 is 0 Å². The monoisotopic (exact) mass is 174 g/mol. The fraction of sp³-hybridized carbons (Fsp3) is 0.625. The number of aromatic nitrogens is 2. The molecule has 0 N–H and O–H groups in total. The van der Waals surface area contributed by atoms with Crippen LogP contribution >= 0.6 is 0 Å². The van der Waals surface area contributed by atoms with E-state index in [-0.39, 0.29) is 11.7 Å². The lowest BCUT2D eigenvalue weighted by Gasteiger charge is -2.10. The number of alkyl halides is 2. The Morgan fingerprint density at radius 3 is 2.33 bits per heavy atom. The summed E-state index contributed by atoms with van der Waals surface area (Å²) in [4.78, 5) is 0. The maximum absolute atomic E-state index is 12.4. The molecule has 68 valence electrons. The van der Waals surface area contributed by atoms with Gasteiger partial charge in [-0.25, -0.2) is 8.78 Å². The number of hydrogen-bond acceptors (Lipinski definition) is 1. The molecule has 0 aliphatic rings. The Kier molecular flexibility index (Phi) is 2.45. The van der Waals surface area contributed by atoms with Crippen LogP contribution in [0.15, 0.2) is 6.20 Å². The van der Waals surface area contributed by atoms with Crippen molar-refractivity contribution in [1.82, 2.24) is 9.78 Å². The third kappa shape index (κ3) is 1.47. The van der Waals surface area contributed by atoms with E-state index in [1.165, 1.54) is 10.9 Å². The normalized spacial score (nSPS) is 11.6. The number of rotatable bonds is 2. The van der Waals surface area contributed by atoms with Crippen molar-refractivity contribution in [2.75, 3.05) is 0 Å². The summed E-state index contributed by atoms with van der Waals surface area (Å²) in [6.45, 7) is 5.31. The van der Waals surface area contributed by atoms with E-state index >= 15 is 0 Å². The zero-order valence-corrected chi connectivity index (χ0v) is 7.38. The molecule has 0 bridgehead atoms. The van der Waals surface area contributed by atoms with Crippen LogP contribution in [0.5, 0.6) is 0 Å². The summed E-state index contributed by atoms with van der Waals surface area (Å²) in [5.74, 6) is 0. The highest BCUT2D eigenvalue weighted by Crippen LogP contribution is 2.24. The average Bonchev–Trinajstić information content (AvgIpc) is 2.30. The summed E-state index contributed by atoms with van der Waals surface area (Å²) in [6.07, 6.45) is -0.962. The van der Waals surface area contributed by atoms with Gasteiger partial charge in [0.25, 0.3) is 6.43 Å². The van der Waals surface area contributed by atoms with Crippen molar-refractivity contribution in [1.29, 1.82) is 0 Å². The van der Waals surface area contributed by atoms with Gasteiger partial charge in [-0.1, -0.05) is 0 Å². The first-order valence-corrected chi connectivity index (χ1v) is 3.86. The molecule has 0 atom stereocenters. The van der Waals surface area contributed by atoms with Crippen LogP contribution in [0.3, 0.4) is 0 Å². The summed E-state index contributed by atoms with van der Waals surface area (Å²) in [7, 11) is 0. The molecule has 0 radical (unpaired) electrons. The zero-order valence-electron chi connectivity index (χ0n) is 7.38. The Labute approximate surface area is 70.2 Å². The molecule has 0 fully saturated rings. The zero-order chi connectivity index (χ0) is 9.30. The maximum atomic E-state index is 12.4. The largest absolute Gasteiger partial charge is 0.280 e. The fourth-order valence-electron chi connectivity index (χ4n) is 1.14. The molecular formula is C8H12F2N2. The average molecular weight is 174 g/mol. The quantitative estimate of drug-likeness (QED) is 0.674. The molecule has 12 heavy (non-hydrogen) atoms. The molecule has 0 saturated heterocycles. The van der Waals surface area contributed by atoms with Crippen molar-refractivity contribution in [2.24, 2.45) is 0 Å². The van der Waals surface area contributed by atoms with Crippen molar-refractivity contribution in [3.63, 3.8) is 0 Å². The highest BCUT2D eigenvalue weighted by Gasteiger charge is 2.18. The van der Waals surface area contributed by atoms with Crippen LogP contribution in [0, 0.1) is 6.92 Å². The van der Waals surface area contributed by atoms with Crippen LogP contribution in [0.1, 0.15) is 37.6 Å². The van der Waals surface area contributed by atoms with Crippen LogP contribution in [0.4, 0.5) is 8.78 Å². The van der Waals surface area contributed by atoms with Crippen molar-refractivity contribution in [3.8, 4) is 0 Å². The Balaban J connectivity index is 3.12. The number of hydrogen-bond donors (Lipinski definition) is 0. The lowest BCUT2D eigenvalue weighted by molar-refractivity contribution is 0.136. The molecule has 0 aromatic carbocycles. The minimum absolute atomic E-state index is 0.0114. The second kappa shape index (κ2) is 3.21. The molecule has 0 amide bonds. The molecule has 1 rings (SSSR count). The van der Waals surface area contributed by atoms with Crippen molar-refractivity contribution < 1.29 is 8.78 Å².